The van der Waals surface area contributed by atoms with Crippen molar-refractivity contribution in [2.24, 2.45) is 13.0 Å². The maximum absolute atomic E-state index is 12.2. The van der Waals surface area contributed by atoms with E-state index in [1.165, 1.54) is 23.7 Å². The first kappa shape index (κ1) is 14.4. The largest absolute Gasteiger partial charge is 0.351 e. The van der Waals surface area contributed by atoms with Crippen molar-refractivity contribution >= 4 is 21.9 Å². The van der Waals surface area contributed by atoms with E-state index >= 15 is 0 Å². The van der Waals surface area contributed by atoms with Crippen molar-refractivity contribution in [1.29, 1.82) is 0 Å². The number of aryl methyl sites for hydroxylation is 1. The molecule has 0 unspecified atom stereocenters. The number of nitrogens with zero attached hydrogens (tertiary/aromatic N) is 4. The van der Waals surface area contributed by atoms with Gasteiger partial charge in [-0.25, -0.2) is 4.98 Å². The lowest BCUT2D eigenvalue weighted by Gasteiger charge is -2.10. The van der Waals surface area contributed by atoms with E-state index in [1.54, 1.807) is 6.33 Å². The summed E-state index contributed by atoms with van der Waals surface area (Å²) in [6, 6.07) is 12.3. The van der Waals surface area contributed by atoms with E-state index in [1.807, 2.05) is 25.4 Å². The molecular weight excluding hydrogens is 312 g/mol. The van der Waals surface area contributed by atoms with Gasteiger partial charge in [-0.2, -0.15) is 4.98 Å². The van der Waals surface area contributed by atoms with Crippen molar-refractivity contribution in [1.82, 2.24) is 19.1 Å². The summed E-state index contributed by atoms with van der Waals surface area (Å²) in [5, 5.41) is 1.17. The Balaban J connectivity index is 1.65. The van der Waals surface area contributed by atoms with Gasteiger partial charge in [-0.15, -0.1) is 0 Å². The Morgan fingerprint density at radius 1 is 1.12 bits per heavy atom. The number of hydrogen-bond donors (Lipinski definition) is 0. The lowest BCUT2D eigenvalue weighted by atomic mass is 10.1. The van der Waals surface area contributed by atoms with Gasteiger partial charge in [-0.05, 0) is 49.1 Å². The first-order valence-corrected chi connectivity index (χ1v) is 8.61. The van der Waals surface area contributed by atoms with Gasteiger partial charge in [0, 0.05) is 36.3 Å². The number of rotatable bonds is 3. The molecule has 0 amide bonds. The van der Waals surface area contributed by atoms with E-state index in [4.69, 9.17) is 0 Å². The third-order valence-electron chi connectivity index (χ3n) is 5.03. The standard InChI is InChI=1S/C20H18N4O/c1-23-9-8-15-10-14(4-6-17(15)23)16-5-7-18-19(22-16)20(25)21-12-24(18)11-13-2-3-13/h4-10,12-13H,2-3,11H2,1H3. The number of hydrogen-bond acceptors (Lipinski definition) is 3. The van der Waals surface area contributed by atoms with Gasteiger partial charge in [0.25, 0.3) is 5.56 Å². The van der Waals surface area contributed by atoms with Crippen molar-refractivity contribution in [3.8, 4) is 11.3 Å². The molecule has 5 rings (SSSR count). The fourth-order valence-corrected chi connectivity index (χ4v) is 3.41. The second-order valence-corrected chi connectivity index (χ2v) is 6.91. The third-order valence-corrected chi connectivity index (χ3v) is 5.03. The lowest BCUT2D eigenvalue weighted by Crippen LogP contribution is -2.14. The SMILES string of the molecule is Cn1ccc2cc(-c3ccc4c(n3)c(=O)ncn4CC3CC3)ccc21. The minimum atomic E-state index is -0.260. The molecule has 1 saturated carbocycles. The molecule has 25 heavy (non-hydrogen) atoms. The molecule has 0 aliphatic heterocycles. The van der Waals surface area contributed by atoms with Crippen LogP contribution >= 0.6 is 0 Å². The minimum Gasteiger partial charge on any atom is -0.351 e. The maximum atomic E-state index is 12.2. The van der Waals surface area contributed by atoms with Gasteiger partial charge < -0.3 is 9.13 Å². The second kappa shape index (κ2) is 5.28. The van der Waals surface area contributed by atoms with Crippen LogP contribution in [0.2, 0.25) is 0 Å². The Bertz CT molecular complexity index is 1170. The van der Waals surface area contributed by atoms with Gasteiger partial charge in [0.05, 0.1) is 17.5 Å². The number of pyridine rings is 1. The van der Waals surface area contributed by atoms with Crippen LogP contribution in [0, 0.1) is 5.92 Å². The zero-order valence-corrected chi connectivity index (χ0v) is 14.0. The van der Waals surface area contributed by atoms with Crippen LogP contribution in [0.25, 0.3) is 33.2 Å². The van der Waals surface area contributed by atoms with Crippen molar-refractivity contribution in [3.05, 3.63) is 59.3 Å². The van der Waals surface area contributed by atoms with E-state index in [0.29, 0.717) is 11.4 Å². The maximum Gasteiger partial charge on any atom is 0.299 e. The summed E-state index contributed by atoms with van der Waals surface area (Å²) in [7, 11) is 2.03. The quantitative estimate of drug-likeness (QED) is 0.579. The summed E-state index contributed by atoms with van der Waals surface area (Å²) in [5.41, 5.74) is 4.06. The van der Waals surface area contributed by atoms with Crippen LogP contribution in [0.15, 0.2) is 53.7 Å². The Hall–Kier alpha value is -2.95. The van der Waals surface area contributed by atoms with Gasteiger partial charge in [-0.1, -0.05) is 6.07 Å². The van der Waals surface area contributed by atoms with E-state index in [-0.39, 0.29) is 5.56 Å². The van der Waals surface area contributed by atoms with Crippen molar-refractivity contribution in [2.75, 3.05) is 0 Å². The molecule has 1 aliphatic carbocycles. The molecule has 5 heteroatoms. The first-order valence-electron chi connectivity index (χ1n) is 8.61. The molecule has 1 aliphatic rings. The molecule has 1 fully saturated rings. The summed E-state index contributed by atoms with van der Waals surface area (Å²) in [4.78, 5) is 20.9. The van der Waals surface area contributed by atoms with Crippen LogP contribution in [-0.4, -0.2) is 19.1 Å². The van der Waals surface area contributed by atoms with E-state index < -0.39 is 0 Å². The smallest absolute Gasteiger partial charge is 0.299 e. The lowest BCUT2D eigenvalue weighted by molar-refractivity contribution is 0.631. The monoisotopic (exact) mass is 330 g/mol. The van der Waals surface area contributed by atoms with E-state index in [9.17, 15) is 4.79 Å². The molecule has 3 aromatic heterocycles. The Morgan fingerprint density at radius 2 is 1.96 bits per heavy atom. The van der Waals surface area contributed by atoms with E-state index in [2.05, 4.69) is 43.4 Å². The van der Waals surface area contributed by atoms with Gasteiger partial charge in [0.15, 0.2) is 5.52 Å². The van der Waals surface area contributed by atoms with Crippen LogP contribution in [0.5, 0.6) is 0 Å². The highest BCUT2D eigenvalue weighted by Gasteiger charge is 2.22. The zero-order chi connectivity index (χ0) is 17.0. The first-order chi connectivity index (χ1) is 12.2. The average Bonchev–Trinajstić information content (AvgIpc) is 3.38. The Kier molecular flexibility index (Phi) is 3.04. The van der Waals surface area contributed by atoms with Gasteiger partial charge in [0.2, 0.25) is 0 Å². The summed E-state index contributed by atoms with van der Waals surface area (Å²) < 4.78 is 4.15. The molecule has 4 aromatic rings. The molecule has 0 radical (unpaired) electrons. The molecule has 5 nitrogen and oxygen atoms in total. The fourth-order valence-electron chi connectivity index (χ4n) is 3.41. The predicted molar refractivity (Wildman–Crippen MR) is 98.4 cm³/mol. The molecule has 0 bridgehead atoms. The van der Waals surface area contributed by atoms with Crippen molar-refractivity contribution in [3.63, 3.8) is 0 Å². The van der Waals surface area contributed by atoms with Crippen LogP contribution in [0.1, 0.15) is 12.8 Å². The number of aromatic nitrogens is 4. The highest BCUT2D eigenvalue weighted by molar-refractivity contribution is 5.86. The molecule has 124 valence electrons. The highest BCUT2D eigenvalue weighted by Crippen LogP contribution is 2.31. The topological polar surface area (TPSA) is 52.7 Å². The molecule has 3 heterocycles. The molecule has 0 N–H and O–H groups in total. The normalized spacial score (nSPS) is 14.4. The number of benzene rings is 1. The highest BCUT2D eigenvalue weighted by atomic mass is 16.1. The van der Waals surface area contributed by atoms with Crippen LogP contribution in [-0.2, 0) is 13.6 Å². The molecule has 0 spiro atoms. The van der Waals surface area contributed by atoms with Gasteiger partial charge in [-0.3, -0.25) is 4.79 Å². The minimum absolute atomic E-state index is 0.260. The predicted octanol–water partition coefficient (Wildman–Crippen LogP) is 3.36. The molecule has 0 saturated heterocycles. The average molecular weight is 330 g/mol. The Labute approximate surface area is 144 Å². The molecule has 1 aromatic carbocycles. The fraction of sp³-hybridized carbons (Fsp3) is 0.250. The second-order valence-electron chi connectivity index (χ2n) is 6.91. The number of fused-ring (bicyclic) bond motifs is 2. The summed E-state index contributed by atoms with van der Waals surface area (Å²) in [6.45, 7) is 0.917. The van der Waals surface area contributed by atoms with Crippen molar-refractivity contribution in [2.45, 2.75) is 19.4 Å². The van der Waals surface area contributed by atoms with Crippen molar-refractivity contribution < 1.29 is 0 Å². The van der Waals surface area contributed by atoms with Crippen LogP contribution in [0.4, 0.5) is 0 Å². The summed E-state index contributed by atoms with van der Waals surface area (Å²) in [6.07, 6.45) is 6.22. The third kappa shape index (κ3) is 2.43. The van der Waals surface area contributed by atoms with E-state index in [0.717, 1.165) is 23.3 Å². The summed E-state index contributed by atoms with van der Waals surface area (Å²) in [5.74, 6) is 0.715. The summed E-state index contributed by atoms with van der Waals surface area (Å²) >= 11 is 0. The van der Waals surface area contributed by atoms with Gasteiger partial charge >= 0.3 is 0 Å². The Morgan fingerprint density at radius 3 is 2.80 bits per heavy atom. The van der Waals surface area contributed by atoms with Crippen LogP contribution in [0.3, 0.4) is 0 Å². The van der Waals surface area contributed by atoms with Crippen LogP contribution < -0.4 is 5.56 Å². The van der Waals surface area contributed by atoms with Gasteiger partial charge in [0.1, 0.15) is 0 Å². The molecule has 0 atom stereocenters. The molecular formula is C20H18N4O. The zero-order valence-electron chi connectivity index (χ0n) is 14.0.